The van der Waals surface area contributed by atoms with E-state index < -0.39 is 0 Å². The Morgan fingerprint density at radius 1 is 0.708 bits per heavy atom. The van der Waals surface area contributed by atoms with Gasteiger partial charge in [-0.25, -0.2) is 0 Å². The smallest absolute Gasteiger partial charge is 0.129 e. The van der Waals surface area contributed by atoms with Crippen LogP contribution in [0.1, 0.15) is 139 Å². The first-order valence-electron chi connectivity index (χ1n) is 11.1. The molecular weight excluding hydrogens is 292 g/mol. The summed E-state index contributed by atoms with van der Waals surface area (Å²) in [6.07, 6.45) is 16.1. The van der Waals surface area contributed by atoms with Crippen molar-refractivity contribution in [1.82, 2.24) is 0 Å². The number of carbonyl (C=O) groups excluding carboxylic acids is 1. The van der Waals surface area contributed by atoms with Gasteiger partial charge in [0.15, 0.2) is 0 Å². The zero-order valence-corrected chi connectivity index (χ0v) is 19.0. The van der Waals surface area contributed by atoms with Gasteiger partial charge < -0.3 is 4.79 Å². The third-order valence-corrected chi connectivity index (χ3v) is 3.85. The van der Waals surface area contributed by atoms with Gasteiger partial charge in [-0.05, 0) is 19.3 Å². The second kappa shape index (κ2) is 34.1. The lowest BCUT2D eigenvalue weighted by molar-refractivity contribution is -0.117. The molecule has 1 atom stereocenters. The molecule has 0 aromatic heterocycles. The largest absolute Gasteiger partial charge is 0.300 e. The molecule has 0 rings (SSSR count). The van der Waals surface area contributed by atoms with E-state index in [0.29, 0.717) is 0 Å². The van der Waals surface area contributed by atoms with Crippen molar-refractivity contribution < 1.29 is 4.79 Å². The van der Waals surface area contributed by atoms with Crippen LogP contribution in [0, 0.1) is 5.92 Å². The molecule has 0 aliphatic rings. The fourth-order valence-electron chi connectivity index (χ4n) is 2.18. The quantitative estimate of drug-likeness (QED) is 0.323. The van der Waals surface area contributed by atoms with Gasteiger partial charge in [0.25, 0.3) is 0 Å². The van der Waals surface area contributed by atoms with E-state index >= 15 is 0 Å². The summed E-state index contributed by atoms with van der Waals surface area (Å²) in [6, 6.07) is 0. The normalized spacial score (nSPS) is 10.2. The molecule has 0 aliphatic carbocycles. The molecule has 0 aromatic carbocycles. The van der Waals surface area contributed by atoms with E-state index in [2.05, 4.69) is 20.8 Å². The van der Waals surface area contributed by atoms with Gasteiger partial charge in [-0.2, -0.15) is 0 Å². The molecule has 1 nitrogen and oxygen atoms in total. The maximum atomic E-state index is 10.0. The third kappa shape index (κ3) is 43.0. The van der Waals surface area contributed by atoms with Crippen molar-refractivity contribution in [1.29, 1.82) is 0 Å². The van der Waals surface area contributed by atoms with Crippen molar-refractivity contribution in [2.75, 3.05) is 0 Å². The van der Waals surface area contributed by atoms with Gasteiger partial charge in [-0.1, -0.05) is 120 Å². The number of Topliss-reactive ketones (excluding diaryl/α,β-unsaturated/α-hetero) is 1. The van der Waals surface area contributed by atoms with E-state index in [4.69, 9.17) is 0 Å². The van der Waals surface area contributed by atoms with Crippen LogP contribution in [-0.2, 0) is 4.79 Å². The molecule has 0 fully saturated rings. The Balaban J connectivity index is -0.000000167. The Kier molecular flexibility index (Phi) is 44.7. The third-order valence-electron chi connectivity index (χ3n) is 3.85. The molecule has 0 N–H and O–H groups in total. The maximum absolute atomic E-state index is 10.0. The minimum Gasteiger partial charge on any atom is -0.300 e. The van der Waals surface area contributed by atoms with Crippen molar-refractivity contribution in [3.8, 4) is 0 Å². The number of rotatable bonds is 12. The lowest BCUT2D eigenvalue weighted by Crippen LogP contribution is -1.91. The lowest BCUT2D eigenvalue weighted by Gasteiger charge is -2.07. The minimum absolute atomic E-state index is 0.289. The molecule has 24 heavy (non-hydrogen) atoms. The molecule has 0 bridgehead atoms. The van der Waals surface area contributed by atoms with Gasteiger partial charge in [0, 0.05) is 6.42 Å². The molecule has 0 aliphatic heterocycles. The first kappa shape index (κ1) is 31.4. The molecule has 0 heterocycles. The molecule has 0 amide bonds. The zero-order valence-electron chi connectivity index (χ0n) is 19.0. The zero-order chi connectivity index (χ0) is 19.6. The molecule has 1 heteroatoms. The highest BCUT2D eigenvalue weighted by molar-refractivity contribution is 5.75. The van der Waals surface area contributed by atoms with Crippen molar-refractivity contribution in [2.24, 2.45) is 5.92 Å². The molecule has 0 spiro atoms. The second-order valence-corrected chi connectivity index (χ2v) is 6.23. The highest BCUT2D eigenvalue weighted by atomic mass is 16.1. The summed E-state index contributed by atoms with van der Waals surface area (Å²) in [7, 11) is 0. The van der Waals surface area contributed by atoms with Crippen molar-refractivity contribution >= 4 is 5.78 Å². The van der Waals surface area contributed by atoms with Gasteiger partial charge in [-0.15, -0.1) is 0 Å². The molecule has 0 radical (unpaired) electrons. The SMILES string of the molecule is CC.CC.CCCC(C)=O.CCCCCCCCCCC(C)CC. The predicted molar refractivity (Wildman–Crippen MR) is 115 cm³/mol. The van der Waals surface area contributed by atoms with E-state index in [1.54, 1.807) is 6.92 Å². The second-order valence-electron chi connectivity index (χ2n) is 6.23. The number of ketones is 1. The van der Waals surface area contributed by atoms with Crippen LogP contribution in [0.25, 0.3) is 0 Å². The standard InChI is InChI=1S/C14H30.C5H10O.2C2H6/c1-4-6-7-8-9-10-11-12-13-14(3)5-2;1-3-4-5(2)6;2*1-2/h14H,4-13H2,1-3H3;3-4H2,1-2H3;2*1-2H3. The summed E-state index contributed by atoms with van der Waals surface area (Å²) >= 11 is 0. The summed E-state index contributed by atoms with van der Waals surface area (Å²) in [4.78, 5) is 10.0. The van der Waals surface area contributed by atoms with Crippen LogP contribution in [0.15, 0.2) is 0 Å². The molecular formula is C23H52O. The fourth-order valence-corrected chi connectivity index (χ4v) is 2.18. The predicted octanol–water partition coefficient (Wildman–Crippen LogP) is 8.99. The van der Waals surface area contributed by atoms with Crippen LogP contribution in [0.4, 0.5) is 0 Å². The van der Waals surface area contributed by atoms with Crippen LogP contribution in [0.5, 0.6) is 0 Å². The molecule has 0 saturated carbocycles. The fraction of sp³-hybridized carbons (Fsp3) is 0.957. The number of unbranched alkanes of at least 4 members (excludes halogenated alkanes) is 7. The molecule has 0 saturated heterocycles. The van der Waals surface area contributed by atoms with E-state index in [1.165, 1.54) is 64.2 Å². The maximum Gasteiger partial charge on any atom is 0.129 e. The van der Waals surface area contributed by atoms with Crippen LogP contribution in [0.2, 0.25) is 0 Å². The van der Waals surface area contributed by atoms with E-state index in [-0.39, 0.29) is 5.78 Å². The monoisotopic (exact) mass is 344 g/mol. The van der Waals surface area contributed by atoms with E-state index in [9.17, 15) is 4.79 Å². The van der Waals surface area contributed by atoms with Crippen LogP contribution in [-0.4, -0.2) is 5.78 Å². The Hall–Kier alpha value is -0.330. The van der Waals surface area contributed by atoms with Gasteiger partial charge in [0.1, 0.15) is 5.78 Å². The lowest BCUT2D eigenvalue weighted by atomic mass is 10.00. The Bertz CT molecular complexity index is 186. The molecule has 150 valence electrons. The Morgan fingerprint density at radius 3 is 1.42 bits per heavy atom. The average molecular weight is 345 g/mol. The van der Waals surface area contributed by atoms with E-state index in [1.807, 2.05) is 34.6 Å². The van der Waals surface area contributed by atoms with Gasteiger partial charge in [0.05, 0.1) is 0 Å². The Morgan fingerprint density at radius 2 is 1.12 bits per heavy atom. The highest BCUT2D eigenvalue weighted by Crippen LogP contribution is 2.14. The number of hydrogen-bond acceptors (Lipinski definition) is 1. The molecule has 0 aromatic rings. The first-order valence-corrected chi connectivity index (χ1v) is 11.1. The van der Waals surface area contributed by atoms with Crippen molar-refractivity contribution in [3.63, 3.8) is 0 Å². The van der Waals surface area contributed by atoms with Gasteiger partial charge >= 0.3 is 0 Å². The summed E-state index contributed by atoms with van der Waals surface area (Å²) in [6.45, 7) is 18.6. The van der Waals surface area contributed by atoms with Crippen LogP contribution in [0.3, 0.4) is 0 Å². The molecule has 1 unspecified atom stereocenters. The average Bonchev–Trinajstić information content (AvgIpc) is 2.61. The highest BCUT2D eigenvalue weighted by Gasteiger charge is 1.97. The van der Waals surface area contributed by atoms with Gasteiger partial charge in [-0.3, -0.25) is 0 Å². The minimum atomic E-state index is 0.289. The van der Waals surface area contributed by atoms with Crippen molar-refractivity contribution in [2.45, 2.75) is 139 Å². The topological polar surface area (TPSA) is 17.1 Å². The van der Waals surface area contributed by atoms with Crippen LogP contribution >= 0.6 is 0 Å². The summed E-state index contributed by atoms with van der Waals surface area (Å²) in [5, 5.41) is 0. The van der Waals surface area contributed by atoms with Crippen molar-refractivity contribution in [3.05, 3.63) is 0 Å². The number of hydrogen-bond donors (Lipinski definition) is 0. The summed E-state index contributed by atoms with van der Waals surface area (Å²) < 4.78 is 0. The Labute approximate surface area is 156 Å². The van der Waals surface area contributed by atoms with Crippen LogP contribution < -0.4 is 0 Å². The first-order chi connectivity index (χ1) is 11.6. The van der Waals surface area contributed by atoms with E-state index in [0.717, 1.165) is 18.8 Å². The summed E-state index contributed by atoms with van der Waals surface area (Å²) in [5.41, 5.74) is 0. The number of carbonyl (C=O) groups is 1. The van der Waals surface area contributed by atoms with Gasteiger partial charge in [0.2, 0.25) is 0 Å². The summed E-state index contributed by atoms with van der Waals surface area (Å²) in [5.74, 6) is 1.24.